The van der Waals surface area contributed by atoms with Crippen molar-refractivity contribution in [1.82, 2.24) is 4.90 Å². The number of esters is 2. The Labute approximate surface area is 366 Å². The quantitative estimate of drug-likeness (QED) is 0.195. The zero-order valence-electron chi connectivity index (χ0n) is 39.1. The Hall–Kier alpha value is -3.16. The van der Waals surface area contributed by atoms with Gasteiger partial charge < -0.3 is 19.5 Å². The molecule has 0 spiro atoms. The predicted molar refractivity (Wildman–Crippen MR) is 237 cm³/mol. The van der Waals surface area contributed by atoms with Gasteiger partial charge in [-0.3, -0.25) is 19.2 Å². The molecule has 1 saturated heterocycles. The molecule has 0 bridgehead atoms. The fraction of sp³-hybridized carbons (Fsp3) is 0.774. The highest BCUT2D eigenvalue weighted by atomic mass is 16.5. The number of ether oxygens (including phenoxy) is 2. The molecule has 6 aliphatic carbocycles. The van der Waals surface area contributed by atoms with Gasteiger partial charge in [-0.1, -0.05) is 91.0 Å². The van der Waals surface area contributed by atoms with E-state index in [0.29, 0.717) is 68.5 Å². The average molecular weight is 840 g/mol. The molecule has 6 saturated carbocycles. The third kappa shape index (κ3) is 6.22. The lowest BCUT2D eigenvalue weighted by atomic mass is 9.29. The van der Waals surface area contributed by atoms with Crippen LogP contribution in [0.25, 0.3) is 0 Å². The van der Waals surface area contributed by atoms with Crippen molar-refractivity contribution in [3.8, 4) is 0 Å². The molecule has 1 aromatic rings. The SMILES string of the molecule is C=C(C)C1CC[C@]2(C(=O)N3CCC(C(=O)OCC)CC3)CC[C@]3(C)[C@H](CC[C@@H]4[C@]5(C)CC[C@H]([C@@]6(C(=O)O)C[C@@H](C(=O)OCc7ccccc7)C6(C)C)C(C)(C)[C@H]5CC[C@]43C)[C@@H]12. The van der Waals surface area contributed by atoms with Gasteiger partial charge in [-0.25, -0.2) is 0 Å². The fourth-order valence-electron chi connectivity index (χ4n) is 17.6. The number of carbonyl (C=O) groups excluding carboxylic acids is 3. The van der Waals surface area contributed by atoms with E-state index in [9.17, 15) is 19.5 Å². The van der Waals surface area contributed by atoms with Crippen LogP contribution in [0.4, 0.5) is 0 Å². The van der Waals surface area contributed by atoms with Gasteiger partial charge >= 0.3 is 17.9 Å². The summed E-state index contributed by atoms with van der Waals surface area (Å²) < 4.78 is 11.2. The van der Waals surface area contributed by atoms with E-state index in [1.54, 1.807) is 0 Å². The van der Waals surface area contributed by atoms with Crippen molar-refractivity contribution in [3.63, 3.8) is 0 Å². The number of likely N-dealkylation sites (tertiary alicyclic amines) is 1. The number of amides is 1. The molecule has 0 aromatic heterocycles. The van der Waals surface area contributed by atoms with Crippen LogP contribution in [-0.4, -0.2) is 53.5 Å². The lowest BCUT2D eigenvalue weighted by Gasteiger charge is -2.74. The Balaban J connectivity index is 1.03. The fourth-order valence-corrected chi connectivity index (χ4v) is 17.6. The summed E-state index contributed by atoms with van der Waals surface area (Å²) in [6, 6.07) is 9.70. The van der Waals surface area contributed by atoms with Crippen LogP contribution in [0.5, 0.6) is 0 Å². The van der Waals surface area contributed by atoms with E-state index in [2.05, 4.69) is 53.0 Å². The predicted octanol–water partition coefficient (Wildman–Crippen LogP) is 10.9. The minimum Gasteiger partial charge on any atom is -0.481 e. The van der Waals surface area contributed by atoms with E-state index in [1.165, 1.54) is 5.57 Å². The van der Waals surface area contributed by atoms with Crippen molar-refractivity contribution in [2.45, 2.75) is 152 Å². The molecule has 8 rings (SSSR count). The molecule has 1 N–H and O–H groups in total. The van der Waals surface area contributed by atoms with Gasteiger partial charge in [-0.05, 0) is 165 Å². The van der Waals surface area contributed by atoms with Crippen molar-refractivity contribution < 1.29 is 33.8 Å². The van der Waals surface area contributed by atoms with Crippen LogP contribution in [0.1, 0.15) is 151 Å². The number of benzene rings is 1. The third-order valence-electron chi connectivity index (χ3n) is 21.0. The first-order valence-electron chi connectivity index (χ1n) is 24.2. The summed E-state index contributed by atoms with van der Waals surface area (Å²) >= 11 is 0. The molecule has 7 aliphatic rings. The zero-order valence-corrected chi connectivity index (χ0v) is 39.1. The molecule has 1 unspecified atom stereocenters. The van der Waals surface area contributed by atoms with Gasteiger partial charge in [0, 0.05) is 13.1 Å². The molecular weight excluding hydrogens is 763 g/mol. The van der Waals surface area contributed by atoms with E-state index in [-0.39, 0.29) is 63.4 Å². The first-order chi connectivity index (χ1) is 28.7. The van der Waals surface area contributed by atoms with E-state index < -0.39 is 22.7 Å². The third-order valence-corrected chi connectivity index (χ3v) is 21.0. The summed E-state index contributed by atoms with van der Waals surface area (Å²) in [4.78, 5) is 57.2. The number of piperidine rings is 1. The average Bonchev–Trinajstić information content (AvgIpc) is 3.62. The molecule has 12 atom stereocenters. The smallest absolute Gasteiger partial charge is 0.310 e. The van der Waals surface area contributed by atoms with Crippen LogP contribution in [0.15, 0.2) is 42.5 Å². The first kappa shape index (κ1) is 44.4. The first-order valence-corrected chi connectivity index (χ1v) is 24.2. The van der Waals surface area contributed by atoms with Crippen molar-refractivity contribution >= 4 is 23.8 Å². The maximum absolute atomic E-state index is 15.1. The Morgan fingerprint density at radius 3 is 2.05 bits per heavy atom. The van der Waals surface area contributed by atoms with E-state index in [1.807, 2.05) is 51.1 Å². The second-order valence-corrected chi connectivity index (χ2v) is 23.4. The number of carboxylic acid groups (broad SMARTS) is 1. The van der Waals surface area contributed by atoms with Crippen LogP contribution in [-0.2, 0) is 35.3 Å². The Bertz CT molecular complexity index is 1910. The molecule has 0 radical (unpaired) electrons. The number of aliphatic carboxylic acids is 1. The van der Waals surface area contributed by atoms with Crippen molar-refractivity contribution in [3.05, 3.63) is 48.0 Å². The molecular formula is C53H77NO7. The molecule has 1 aliphatic heterocycles. The maximum Gasteiger partial charge on any atom is 0.310 e. The molecule has 336 valence electrons. The standard InChI is InChI=1S/C53H77NO7/c1-11-60-43(55)35-22-29-54(30-23-35)45(57)52-26-19-36(33(2)3)42(52)37-17-18-41-49(8)24-20-40(47(4,5)39(49)21-25-51(41,10)50(37,9)27-28-52)53(46(58)59)31-38(48(53,6)7)44(56)61-32-34-15-13-12-14-16-34/h12-16,35-42H,2,11,17-32H2,1,3-10H3,(H,58,59)/t36?,37-,38+,39-,40+,41-,42-,49-,50-,51-,52+,53-/m1/s1. The molecule has 8 nitrogen and oxygen atoms in total. The van der Waals surface area contributed by atoms with E-state index in [0.717, 1.165) is 69.8 Å². The van der Waals surface area contributed by atoms with E-state index >= 15 is 4.79 Å². The molecule has 7 fully saturated rings. The summed E-state index contributed by atoms with van der Waals surface area (Å²) in [5, 5.41) is 11.3. The van der Waals surface area contributed by atoms with Gasteiger partial charge in [0.1, 0.15) is 6.61 Å². The largest absolute Gasteiger partial charge is 0.481 e. The van der Waals surface area contributed by atoms with Crippen LogP contribution < -0.4 is 0 Å². The Kier molecular flexibility index (Phi) is 11.1. The zero-order chi connectivity index (χ0) is 44.1. The lowest BCUT2D eigenvalue weighted by Crippen LogP contribution is -2.71. The maximum atomic E-state index is 15.1. The number of carbonyl (C=O) groups is 4. The topological polar surface area (TPSA) is 110 Å². The van der Waals surface area contributed by atoms with Gasteiger partial charge in [0.15, 0.2) is 0 Å². The normalized spacial score (nSPS) is 42.4. The van der Waals surface area contributed by atoms with Gasteiger partial charge in [0.25, 0.3) is 0 Å². The Morgan fingerprint density at radius 2 is 1.43 bits per heavy atom. The van der Waals surface area contributed by atoms with E-state index in [4.69, 9.17) is 9.47 Å². The van der Waals surface area contributed by atoms with Crippen LogP contribution in [0.2, 0.25) is 0 Å². The highest BCUT2D eigenvalue weighted by Crippen LogP contribution is 2.80. The van der Waals surface area contributed by atoms with Gasteiger partial charge in [-0.2, -0.15) is 0 Å². The number of fused-ring (bicyclic) bond motifs is 7. The molecule has 61 heavy (non-hydrogen) atoms. The van der Waals surface area contributed by atoms with Gasteiger partial charge in [0.2, 0.25) is 5.91 Å². The van der Waals surface area contributed by atoms with Crippen LogP contribution in [0.3, 0.4) is 0 Å². The minimum absolute atomic E-state index is 0.0552. The highest BCUT2D eigenvalue weighted by molar-refractivity contribution is 5.85. The summed E-state index contributed by atoms with van der Waals surface area (Å²) in [6.45, 7) is 27.1. The number of allylic oxidation sites excluding steroid dienone is 1. The number of hydrogen-bond donors (Lipinski definition) is 1. The lowest BCUT2D eigenvalue weighted by molar-refractivity contribution is -0.269. The second-order valence-electron chi connectivity index (χ2n) is 23.4. The molecule has 1 amide bonds. The summed E-state index contributed by atoms with van der Waals surface area (Å²) in [5.74, 6) is 0.465. The number of nitrogens with zero attached hydrogens (tertiary/aromatic N) is 1. The van der Waals surface area contributed by atoms with Crippen molar-refractivity contribution in [2.24, 2.45) is 85.2 Å². The second kappa shape index (κ2) is 15.2. The van der Waals surface area contributed by atoms with Crippen LogP contribution in [0, 0.1) is 85.2 Å². The molecule has 1 heterocycles. The molecule has 1 aromatic carbocycles. The highest BCUT2D eigenvalue weighted by Gasteiger charge is 2.77. The summed E-state index contributed by atoms with van der Waals surface area (Å²) in [6.07, 6.45) is 11.9. The van der Waals surface area contributed by atoms with Gasteiger partial charge in [-0.15, -0.1) is 0 Å². The number of rotatable bonds is 9. The number of carboxylic acids is 1. The minimum atomic E-state index is -1.01. The van der Waals surface area contributed by atoms with Gasteiger partial charge in [0.05, 0.1) is 29.3 Å². The van der Waals surface area contributed by atoms with Crippen LogP contribution >= 0.6 is 0 Å². The summed E-state index contributed by atoms with van der Waals surface area (Å²) in [5.41, 5.74) is 0.000122. The molecule has 8 heteroatoms. The Morgan fingerprint density at radius 1 is 0.754 bits per heavy atom. The van der Waals surface area contributed by atoms with Crippen molar-refractivity contribution in [1.29, 1.82) is 0 Å². The summed E-state index contributed by atoms with van der Waals surface area (Å²) in [7, 11) is 0. The van der Waals surface area contributed by atoms with Crippen molar-refractivity contribution in [2.75, 3.05) is 19.7 Å². The number of hydrogen-bond acceptors (Lipinski definition) is 6. The monoisotopic (exact) mass is 840 g/mol.